The standard InChI is InChI=1S/C15H19N3O5S/c1-10-3-4-13(8-14(10)18(20)21)11(2)16-17-15(19)7-12-5-6-24(22,23)9-12/h3-4,8,12H,5-7,9H2,1-2H3,(H,17,19)/b16-11-/t12-/m0/s1. The molecule has 0 aromatic heterocycles. The molecule has 0 unspecified atom stereocenters. The quantitative estimate of drug-likeness (QED) is 0.489. The van der Waals surface area contributed by atoms with Gasteiger partial charge in [0.2, 0.25) is 5.91 Å². The van der Waals surface area contributed by atoms with Crippen LogP contribution in [0.5, 0.6) is 0 Å². The van der Waals surface area contributed by atoms with Crippen molar-refractivity contribution in [2.45, 2.75) is 26.7 Å². The van der Waals surface area contributed by atoms with Gasteiger partial charge in [-0.05, 0) is 26.2 Å². The Morgan fingerprint density at radius 3 is 2.75 bits per heavy atom. The zero-order chi connectivity index (χ0) is 17.9. The molecule has 0 aliphatic carbocycles. The Morgan fingerprint density at radius 2 is 2.17 bits per heavy atom. The average Bonchev–Trinajstić information content (AvgIpc) is 2.83. The molecule has 1 aromatic rings. The predicted octanol–water partition coefficient (Wildman–Crippen LogP) is 1.57. The van der Waals surface area contributed by atoms with Crippen LogP contribution >= 0.6 is 0 Å². The number of nitrogens with one attached hydrogen (secondary N) is 1. The minimum atomic E-state index is -3.01. The number of sulfone groups is 1. The molecule has 0 spiro atoms. The van der Waals surface area contributed by atoms with Crippen LogP contribution < -0.4 is 5.43 Å². The summed E-state index contributed by atoms with van der Waals surface area (Å²) in [7, 11) is -3.01. The lowest BCUT2D eigenvalue weighted by atomic mass is 10.1. The molecule has 1 N–H and O–H groups in total. The van der Waals surface area contributed by atoms with E-state index in [0.29, 0.717) is 23.3 Å². The number of aryl methyl sites for hydroxylation is 1. The summed E-state index contributed by atoms with van der Waals surface area (Å²) in [5, 5.41) is 14.9. The van der Waals surface area contributed by atoms with Gasteiger partial charge in [-0.2, -0.15) is 5.10 Å². The molecule has 1 amide bonds. The van der Waals surface area contributed by atoms with Crippen LogP contribution in [0.4, 0.5) is 5.69 Å². The second-order valence-electron chi connectivity index (χ2n) is 5.96. The molecule has 2 rings (SSSR count). The lowest BCUT2D eigenvalue weighted by Crippen LogP contribution is -2.22. The molecule has 1 aliphatic heterocycles. The molecule has 1 aliphatic rings. The molecular weight excluding hydrogens is 334 g/mol. The molecular formula is C15H19N3O5S. The molecule has 24 heavy (non-hydrogen) atoms. The number of hydrogen-bond donors (Lipinski definition) is 1. The van der Waals surface area contributed by atoms with E-state index >= 15 is 0 Å². The lowest BCUT2D eigenvalue weighted by molar-refractivity contribution is -0.385. The molecule has 0 saturated carbocycles. The maximum atomic E-state index is 11.9. The average molecular weight is 353 g/mol. The van der Waals surface area contributed by atoms with Crippen LogP contribution in [0.2, 0.25) is 0 Å². The van der Waals surface area contributed by atoms with E-state index in [9.17, 15) is 23.3 Å². The van der Waals surface area contributed by atoms with Gasteiger partial charge < -0.3 is 0 Å². The Labute approximate surface area is 140 Å². The Bertz CT molecular complexity index is 801. The number of carbonyl (C=O) groups is 1. The van der Waals surface area contributed by atoms with Gasteiger partial charge >= 0.3 is 0 Å². The number of benzene rings is 1. The van der Waals surface area contributed by atoms with Crippen LogP contribution in [0, 0.1) is 23.0 Å². The highest BCUT2D eigenvalue weighted by Gasteiger charge is 2.29. The molecule has 1 saturated heterocycles. The highest BCUT2D eigenvalue weighted by molar-refractivity contribution is 7.91. The van der Waals surface area contributed by atoms with Gasteiger partial charge in [-0.3, -0.25) is 14.9 Å². The molecule has 130 valence electrons. The molecule has 0 bridgehead atoms. The zero-order valence-electron chi connectivity index (χ0n) is 13.5. The highest BCUT2D eigenvalue weighted by Crippen LogP contribution is 2.21. The van der Waals surface area contributed by atoms with Crippen molar-refractivity contribution in [1.29, 1.82) is 0 Å². The fourth-order valence-corrected chi connectivity index (χ4v) is 4.44. The zero-order valence-corrected chi connectivity index (χ0v) is 14.3. The van der Waals surface area contributed by atoms with Crippen molar-refractivity contribution in [2.75, 3.05) is 11.5 Å². The van der Waals surface area contributed by atoms with Gasteiger partial charge in [0.15, 0.2) is 9.84 Å². The number of rotatable bonds is 5. The Kier molecular flexibility index (Phi) is 5.33. The van der Waals surface area contributed by atoms with Gasteiger partial charge in [0, 0.05) is 23.6 Å². The van der Waals surface area contributed by atoms with E-state index in [0.717, 1.165) is 0 Å². The van der Waals surface area contributed by atoms with Crippen molar-refractivity contribution >= 4 is 27.1 Å². The third-order valence-electron chi connectivity index (χ3n) is 3.97. The normalized spacial score (nSPS) is 19.9. The van der Waals surface area contributed by atoms with E-state index in [1.807, 2.05) is 0 Å². The van der Waals surface area contributed by atoms with Crippen LogP contribution in [-0.4, -0.2) is 36.5 Å². The molecule has 1 aromatic carbocycles. The highest BCUT2D eigenvalue weighted by atomic mass is 32.2. The molecule has 0 radical (unpaired) electrons. The predicted molar refractivity (Wildman–Crippen MR) is 89.6 cm³/mol. The minimum absolute atomic E-state index is 0.00969. The van der Waals surface area contributed by atoms with E-state index in [4.69, 9.17) is 0 Å². The molecule has 1 atom stereocenters. The number of hydrogen-bond acceptors (Lipinski definition) is 6. The monoisotopic (exact) mass is 353 g/mol. The summed E-state index contributed by atoms with van der Waals surface area (Å²) in [6.45, 7) is 3.28. The SMILES string of the molecule is C/C(=N/NC(=O)C[C@@H]1CCS(=O)(=O)C1)c1ccc(C)c([N+](=O)[O-])c1. The summed E-state index contributed by atoms with van der Waals surface area (Å²) in [6, 6.07) is 4.72. The van der Waals surface area contributed by atoms with E-state index < -0.39 is 14.8 Å². The number of hydrazone groups is 1. The smallest absolute Gasteiger partial charge is 0.272 e. The summed E-state index contributed by atoms with van der Waals surface area (Å²) in [4.78, 5) is 22.3. The first-order valence-electron chi connectivity index (χ1n) is 7.47. The van der Waals surface area contributed by atoms with E-state index in [1.165, 1.54) is 6.07 Å². The van der Waals surface area contributed by atoms with Crippen molar-refractivity contribution in [2.24, 2.45) is 11.0 Å². The van der Waals surface area contributed by atoms with Gasteiger partial charge in [-0.15, -0.1) is 0 Å². The largest absolute Gasteiger partial charge is 0.273 e. The summed E-state index contributed by atoms with van der Waals surface area (Å²) < 4.78 is 22.7. The topological polar surface area (TPSA) is 119 Å². The maximum absolute atomic E-state index is 11.9. The summed E-state index contributed by atoms with van der Waals surface area (Å²) in [5.41, 5.74) is 3.89. The first kappa shape index (κ1) is 18.1. The minimum Gasteiger partial charge on any atom is -0.273 e. The third-order valence-corrected chi connectivity index (χ3v) is 5.81. The third kappa shape index (κ3) is 4.60. The fourth-order valence-electron chi connectivity index (χ4n) is 2.58. The fraction of sp³-hybridized carbons (Fsp3) is 0.467. The van der Waals surface area contributed by atoms with Gasteiger partial charge in [0.05, 0.1) is 22.1 Å². The van der Waals surface area contributed by atoms with Crippen LogP contribution in [0.1, 0.15) is 30.9 Å². The molecule has 8 nitrogen and oxygen atoms in total. The number of amides is 1. The van der Waals surface area contributed by atoms with Crippen molar-refractivity contribution in [3.05, 3.63) is 39.4 Å². The van der Waals surface area contributed by atoms with Gasteiger partial charge in [-0.25, -0.2) is 13.8 Å². The first-order chi connectivity index (χ1) is 11.2. The number of nitro groups is 1. The van der Waals surface area contributed by atoms with Crippen LogP contribution in [-0.2, 0) is 14.6 Å². The second-order valence-corrected chi connectivity index (χ2v) is 8.19. The van der Waals surface area contributed by atoms with Crippen molar-refractivity contribution in [3.63, 3.8) is 0 Å². The van der Waals surface area contributed by atoms with Crippen LogP contribution in [0.25, 0.3) is 0 Å². The van der Waals surface area contributed by atoms with Gasteiger partial charge in [0.1, 0.15) is 0 Å². The van der Waals surface area contributed by atoms with Crippen molar-refractivity contribution < 1.29 is 18.1 Å². The first-order valence-corrected chi connectivity index (χ1v) is 9.29. The van der Waals surface area contributed by atoms with Crippen LogP contribution in [0.3, 0.4) is 0 Å². The number of carbonyl (C=O) groups excluding carboxylic acids is 1. The van der Waals surface area contributed by atoms with Gasteiger partial charge in [0.25, 0.3) is 5.69 Å². The summed E-state index contributed by atoms with van der Waals surface area (Å²) >= 11 is 0. The van der Waals surface area contributed by atoms with Crippen LogP contribution in [0.15, 0.2) is 23.3 Å². The molecule has 1 fully saturated rings. The second kappa shape index (κ2) is 7.08. The Hall–Kier alpha value is -2.29. The van der Waals surface area contributed by atoms with E-state index in [2.05, 4.69) is 10.5 Å². The summed E-state index contributed by atoms with van der Waals surface area (Å²) in [6.07, 6.45) is 0.590. The van der Waals surface area contributed by atoms with E-state index in [1.54, 1.807) is 26.0 Å². The maximum Gasteiger partial charge on any atom is 0.272 e. The molecule has 9 heteroatoms. The lowest BCUT2D eigenvalue weighted by Gasteiger charge is -2.07. The number of nitrogens with zero attached hydrogens (tertiary/aromatic N) is 2. The Morgan fingerprint density at radius 1 is 1.46 bits per heavy atom. The molecule has 1 heterocycles. The van der Waals surface area contributed by atoms with Crippen molar-refractivity contribution in [3.8, 4) is 0 Å². The summed E-state index contributed by atoms with van der Waals surface area (Å²) in [5.74, 6) is -0.378. The van der Waals surface area contributed by atoms with E-state index in [-0.39, 0.29) is 35.4 Å². The van der Waals surface area contributed by atoms with Gasteiger partial charge in [-0.1, -0.05) is 12.1 Å². The number of nitro benzene ring substituents is 1. The van der Waals surface area contributed by atoms with Crippen molar-refractivity contribution in [1.82, 2.24) is 5.43 Å². The Balaban J connectivity index is 2.00.